The average molecular weight is 442 g/mol. The van der Waals surface area contributed by atoms with Gasteiger partial charge in [-0.25, -0.2) is 4.99 Å². The van der Waals surface area contributed by atoms with Gasteiger partial charge in [-0.05, 0) is 19.1 Å². The molecule has 24 heavy (non-hydrogen) atoms. The normalized spacial score (nSPS) is 11.3. The second-order valence-corrected chi connectivity index (χ2v) is 4.82. The van der Waals surface area contributed by atoms with Crippen LogP contribution in [0.4, 0.5) is 0 Å². The van der Waals surface area contributed by atoms with Crippen LogP contribution in [0.3, 0.4) is 0 Å². The molecule has 0 fully saturated rings. The van der Waals surface area contributed by atoms with E-state index in [9.17, 15) is 0 Å². The largest absolute Gasteiger partial charge is 0.357 e. The summed E-state index contributed by atoms with van der Waals surface area (Å²) in [4.78, 5) is 8.56. The highest BCUT2D eigenvalue weighted by molar-refractivity contribution is 14.0. The third kappa shape index (κ3) is 4.40. The van der Waals surface area contributed by atoms with Gasteiger partial charge in [-0.2, -0.15) is 4.98 Å². The smallest absolute Gasteiger partial charge is 0.223 e. The van der Waals surface area contributed by atoms with Crippen molar-refractivity contribution in [2.45, 2.75) is 26.9 Å². The number of rotatable bonds is 5. The molecule has 0 aromatic carbocycles. The van der Waals surface area contributed by atoms with Crippen LogP contribution in [-0.2, 0) is 13.1 Å². The van der Waals surface area contributed by atoms with E-state index >= 15 is 0 Å². The van der Waals surface area contributed by atoms with Gasteiger partial charge in [-0.15, -0.1) is 34.2 Å². The molecule has 10 heteroatoms. The molecule has 0 unspecified atom stereocenters. The number of hydrogen-bond donors (Lipinski definition) is 2. The highest BCUT2D eigenvalue weighted by atomic mass is 127. The van der Waals surface area contributed by atoms with Gasteiger partial charge in [0.15, 0.2) is 23.3 Å². The quantitative estimate of drug-likeness (QED) is 0.349. The predicted molar refractivity (Wildman–Crippen MR) is 99.1 cm³/mol. The fraction of sp³-hybridized carbons (Fsp3) is 0.357. The van der Waals surface area contributed by atoms with E-state index in [0.717, 1.165) is 18.0 Å². The van der Waals surface area contributed by atoms with Crippen LogP contribution in [0.15, 0.2) is 33.9 Å². The molecule has 128 valence electrons. The topological polar surface area (TPSA) is 106 Å². The molecule has 0 saturated heterocycles. The number of aromatic nitrogens is 5. The van der Waals surface area contributed by atoms with Crippen molar-refractivity contribution in [3.63, 3.8) is 0 Å². The molecule has 0 radical (unpaired) electrons. The first kappa shape index (κ1) is 18.1. The lowest BCUT2D eigenvalue weighted by Gasteiger charge is -2.09. The Morgan fingerprint density at radius 1 is 1.29 bits per heavy atom. The molecule has 0 bridgehead atoms. The van der Waals surface area contributed by atoms with Crippen molar-refractivity contribution in [1.29, 1.82) is 0 Å². The van der Waals surface area contributed by atoms with E-state index in [1.54, 1.807) is 6.92 Å². The van der Waals surface area contributed by atoms with Crippen LogP contribution < -0.4 is 10.6 Å². The van der Waals surface area contributed by atoms with E-state index in [-0.39, 0.29) is 24.0 Å². The lowest BCUT2D eigenvalue weighted by Crippen LogP contribution is -2.37. The number of aryl methyl sites for hydroxylation is 1. The lowest BCUT2D eigenvalue weighted by molar-refractivity contribution is 0.387. The first-order chi connectivity index (χ1) is 11.3. The minimum Gasteiger partial charge on any atom is -0.357 e. The Labute approximate surface area is 156 Å². The van der Waals surface area contributed by atoms with E-state index < -0.39 is 0 Å². The van der Waals surface area contributed by atoms with Crippen LogP contribution in [0.1, 0.15) is 24.5 Å². The Kier molecular flexibility index (Phi) is 6.46. The standard InChI is InChI=1S/C14H18N8O.HI/c1-3-15-14(16-8-11-18-10(2)23-21-11)17-9-13-20-19-12-6-4-5-7-22(12)13;/h4-7H,3,8-9H2,1-2H3,(H2,15,16,17);1H. The van der Waals surface area contributed by atoms with Gasteiger partial charge < -0.3 is 15.2 Å². The van der Waals surface area contributed by atoms with Gasteiger partial charge in [0.05, 0.1) is 6.54 Å². The molecule has 3 aromatic heterocycles. The van der Waals surface area contributed by atoms with Crippen molar-refractivity contribution >= 4 is 35.6 Å². The van der Waals surface area contributed by atoms with E-state index in [1.165, 1.54) is 0 Å². The third-order valence-electron chi connectivity index (χ3n) is 3.09. The van der Waals surface area contributed by atoms with Gasteiger partial charge in [0, 0.05) is 19.7 Å². The highest BCUT2D eigenvalue weighted by Crippen LogP contribution is 2.02. The number of hydrogen-bond acceptors (Lipinski definition) is 6. The second kappa shape index (κ2) is 8.57. The predicted octanol–water partition coefficient (Wildman–Crippen LogP) is 1.29. The van der Waals surface area contributed by atoms with Gasteiger partial charge >= 0.3 is 0 Å². The first-order valence-corrected chi connectivity index (χ1v) is 7.36. The molecule has 2 N–H and O–H groups in total. The number of nitrogens with one attached hydrogen (secondary N) is 2. The molecule has 0 saturated carbocycles. The molecule has 9 nitrogen and oxygen atoms in total. The minimum atomic E-state index is 0. The number of guanidine groups is 1. The molecule has 0 aliphatic rings. The Balaban J connectivity index is 0.00000208. The molecule has 3 aromatic rings. The Bertz CT molecular complexity index is 812. The number of halogens is 1. The summed E-state index contributed by atoms with van der Waals surface area (Å²) in [5.41, 5.74) is 0.813. The Hall–Kier alpha value is -2.24. The van der Waals surface area contributed by atoms with Crippen molar-refractivity contribution in [2.75, 3.05) is 6.54 Å². The van der Waals surface area contributed by atoms with Crippen molar-refractivity contribution < 1.29 is 4.52 Å². The van der Waals surface area contributed by atoms with Crippen LogP contribution in [0.5, 0.6) is 0 Å². The molecule has 0 spiro atoms. The number of pyridine rings is 1. The molecular formula is C14H19IN8O. The Morgan fingerprint density at radius 2 is 2.17 bits per heavy atom. The maximum Gasteiger partial charge on any atom is 0.223 e. The van der Waals surface area contributed by atoms with Crippen LogP contribution in [0, 0.1) is 6.92 Å². The van der Waals surface area contributed by atoms with Crippen LogP contribution in [0.2, 0.25) is 0 Å². The van der Waals surface area contributed by atoms with Crippen molar-refractivity contribution in [1.82, 2.24) is 35.4 Å². The summed E-state index contributed by atoms with van der Waals surface area (Å²) in [5.74, 6) is 2.54. The number of fused-ring (bicyclic) bond motifs is 1. The molecule has 0 aliphatic heterocycles. The van der Waals surface area contributed by atoms with E-state index in [2.05, 4.69) is 36.0 Å². The fourth-order valence-corrected chi connectivity index (χ4v) is 2.07. The highest BCUT2D eigenvalue weighted by Gasteiger charge is 2.06. The maximum atomic E-state index is 4.93. The molecule has 0 aliphatic carbocycles. The SMILES string of the molecule is CCNC(=NCc1noc(C)n1)NCc1nnc2ccccn12.I. The zero-order chi connectivity index (χ0) is 16.1. The molecule has 3 heterocycles. The van der Waals surface area contributed by atoms with Crippen LogP contribution in [-0.4, -0.2) is 37.2 Å². The summed E-state index contributed by atoms with van der Waals surface area (Å²) in [5, 5.41) is 18.5. The monoisotopic (exact) mass is 442 g/mol. The fourth-order valence-electron chi connectivity index (χ4n) is 2.07. The molecular weight excluding hydrogens is 423 g/mol. The maximum absolute atomic E-state index is 4.93. The van der Waals surface area contributed by atoms with Crippen molar-refractivity contribution in [2.24, 2.45) is 4.99 Å². The summed E-state index contributed by atoms with van der Waals surface area (Å²) in [6, 6.07) is 5.78. The number of nitrogens with zero attached hydrogens (tertiary/aromatic N) is 6. The average Bonchev–Trinajstić information content (AvgIpc) is 3.16. The van der Waals surface area contributed by atoms with Gasteiger partial charge in [0.1, 0.15) is 6.54 Å². The van der Waals surface area contributed by atoms with Crippen LogP contribution >= 0.6 is 24.0 Å². The van der Waals surface area contributed by atoms with Crippen molar-refractivity contribution in [3.8, 4) is 0 Å². The molecule has 0 atom stereocenters. The first-order valence-electron chi connectivity index (χ1n) is 7.36. The summed E-state index contributed by atoms with van der Waals surface area (Å²) in [6.45, 7) is 5.34. The summed E-state index contributed by atoms with van der Waals surface area (Å²) in [6.07, 6.45) is 1.93. The van der Waals surface area contributed by atoms with Crippen molar-refractivity contribution in [3.05, 3.63) is 41.9 Å². The summed E-state index contributed by atoms with van der Waals surface area (Å²) >= 11 is 0. The Morgan fingerprint density at radius 3 is 2.92 bits per heavy atom. The van der Waals surface area contributed by atoms with Gasteiger partial charge in [0.25, 0.3) is 0 Å². The number of aliphatic imine (C=N–C) groups is 1. The van der Waals surface area contributed by atoms with E-state index in [0.29, 0.717) is 30.8 Å². The zero-order valence-electron chi connectivity index (χ0n) is 13.4. The molecule has 0 amide bonds. The third-order valence-corrected chi connectivity index (χ3v) is 3.09. The van der Waals surface area contributed by atoms with Gasteiger partial charge in [-0.3, -0.25) is 4.40 Å². The zero-order valence-corrected chi connectivity index (χ0v) is 15.8. The van der Waals surface area contributed by atoms with E-state index in [4.69, 9.17) is 4.52 Å². The van der Waals surface area contributed by atoms with E-state index in [1.807, 2.05) is 35.7 Å². The minimum absolute atomic E-state index is 0. The lowest BCUT2D eigenvalue weighted by atomic mass is 10.4. The van der Waals surface area contributed by atoms with Gasteiger partial charge in [-0.1, -0.05) is 11.2 Å². The molecule has 3 rings (SSSR count). The van der Waals surface area contributed by atoms with Gasteiger partial charge in [0.2, 0.25) is 5.89 Å². The second-order valence-electron chi connectivity index (χ2n) is 4.82. The summed E-state index contributed by atoms with van der Waals surface area (Å²) in [7, 11) is 0. The van der Waals surface area contributed by atoms with Crippen LogP contribution in [0.25, 0.3) is 5.65 Å². The summed E-state index contributed by atoms with van der Waals surface area (Å²) < 4.78 is 6.86.